The summed E-state index contributed by atoms with van der Waals surface area (Å²) in [5.41, 5.74) is 0.989. The summed E-state index contributed by atoms with van der Waals surface area (Å²) in [7, 11) is 0. The van der Waals surface area contributed by atoms with Crippen LogP contribution in [0.5, 0.6) is 0 Å². The average molecular weight is 253 g/mol. The molecule has 0 aliphatic rings. The highest BCUT2D eigenvalue weighted by Gasteiger charge is 2.38. The van der Waals surface area contributed by atoms with Gasteiger partial charge in [-0.1, -0.05) is 11.6 Å². The summed E-state index contributed by atoms with van der Waals surface area (Å²) in [5, 5.41) is 6.94. The van der Waals surface area contributed by atoms with Gasteiger partial charge in [0.25, 0.3) is 0 Å². The lowest BCUT2D eigenvalue weighted by molar-refractivity contribution is -0.170. The van der Waals surface area contributed by atoms with Crippen LogP contribution in [0.4, 0.5) is 13.2 Å². The summed E-state index contributed by atoms with van der Waals surface area (Å²) in [4.78, 5) is 10.8. The molecule has 1 heterocycles. The largest absolute Gasteiger partial charge is 0.450 e. The molecule has 0 N–H and O–H groups in total. The Hall–Kier alpha value is -1.17. The van der Waals surface area contributed by atoms with Gasteiger partial charge in [-0.3, -0.25) is 4.79 Å². The highest BCUT2D eigenvalue weighted by atomic mass is 35.5. The fraction of sp³-hybridized carbons (Fsp3) is 0.444. The van der Waals surface area contributed by atoms with E-state index in [1.165, 1.54) is 0 Å². The molecule has 0 aliphatic carbocycles. The van der Waals surface area contributed by atoms with E-state index in [1.54, 1.807) is 13.8 Å². The number of alkyl halides is 3. The summed E-state index contributed by atoms with van der Waals surface area (Å²) in [5.74, 6) is -1.84. The van der Waals surface area contributed by atoms with Gasteiger partial charge in [-0.2, -0.15) is 18.3 Å². The summed E-state index contributed by atoms with van der Waals surface area (Å²) < 4.78 is 36.2. The molecule has 1 aromatic heterocycles. The Balaban J connectivity index is 3.07. The van der Waals surface area contributed by atoms with Gasteiger partial charge in [0, 0.05) is 12.0 Å². The van der Waals surface area contributed by atoms with Gasteiger partial charge in [-0.15, -0.1) is 5.10 Å². The lowest BCUT2D eigenvalue weighted by Crippen LogP contribution is -2.25. The van der Waals surface area contributed by atoms with E-state index in [-0.39, 0.29) is 10.7 Å². The number of aryl methyl sites for hydroxylation is 1. The van der Waals surface area contributed by atoms with Crippen LogP contribution in [0.2, 0.25) is 5.15 Å². The second kappa shape index (κ2) is 4.37. The van der Waals surface area contributed by atoms with Gasteiger partial charge in [0.15, 0.2) is 5.15 Å². The topological polar surface area (TPSA) is 42.9 Å². The number of ketones is 1. The molecule has 0 spiro atoms. The molecule has 0 saturated carbocycles. The van der Waals surface area contributed by atoms with Crippen LogP contribution < -0.4 is 0 Å². The van der Waals surface area contributed by atoms with E-state index >= 15 is 0 Å². The minimum absolute atomic E-state index is 0.0801. The van der Waals surface area contributed by atoms with Crippen molar-refractivity contribution in [1.82, 2.24) is 10.2 Å². The maximum Gasteiger partial charge on any atom is 0.450 e. The molecule has 7 heteroatoms. The molecule has 1 rings (SSSR count). The minimum atomic E-state index is -4.85. The SMILES string of the molecule is Cc1nnc(Cl)c(CC(=O)C(F)(F)F)c1C. The van der Waals surface area contributed by atoms with Gasteiger partial charge in [-0.25, -0.2) is 0 Å². The highest BCUT2D eigenvalue weighted by Crippen LogP contribution is 2.24. The van der Waals surface area contributed by atoms with Crippen molar-refractivity contribution in [3.63, 3.8) is 0 Å². The lowest BCUT2D eigenvalue weighted by atomic mass is 10.0. The Labute approximate surface area is 94.6 Å². The third-order valence-corrected chi connectivity index (χ3v) is 2.49. The Morgan fingerprint density at radius 2 is 1.88 bits per heavy atom. The van der Waals surface area contributed by atoms with Gasteiger partial charge in [-0.05, 0) is 19.4 Å². The molecule has 88 valence electrons. The molecule has 0 atom stereocenters. The predicted octanol–water partition coefficient (Wildman–Crippen LogP) is 2.42. The third kappa shape index (κ3) is 2.69. The van der Waals surface area contributed by atoms with E-state index in [9.17, 15) is 18.0 Å². The standard InChI is InChI=1S/C9H8ClF3N2O/c1-4-5(2)14-15-8(10)6(4)3-7(16)9(11,12)13/h3H2,1-2H3. The Morgan fingerprint density at radius 1 is 1.31 bits per heavy atom. The number of hydrogen-bond donors (Lipinski definition) is 0. The van der Waals surface area contributed by atoms with Crippen molar-refractivity contribution in [2.24, 2.45) is 0 Å². The van der Waals surface area contributed by atoms with E-state index in [1.807, 2.05) is 0 Å². The van der Waals surface area contributed by atoms with Gasteiger partial charge >= 0.3 is 6.18 Å². The molecule has 0 saturated heterocycles. The van der Waals surface area contributed by atoms with Crippen molar-refractivity contribution in [1.29, 1.82) is 0 Å². The smallest absolute Gasteiger partial charge is 0.289 e. The van der Waals surface area contributed by atoms with Crippen molar-refractivity contribution in [3.8, 4) is 0 Å². The first kappa shape index (κ1) is 12.9. The first-order valence-corrected chi connectivity index (χ1v) is 4.69. The summed E-state index contributed by atoms with van der Waals surface area (Å²) >= 11 is 5.60. The Morgan fingerprint density at radius 3 is 2.38 bits per heavy atom. The molecule has 0 unspecified atom stereocenters. The Kier molecular flexibility index (Phi) is 3.52. The van der Waals surface area contributed by atoms with Crippen LogP contribution in [0.25, 0.3) is 0 Å². The average Bonchev–Trinajstić information content (AvgIpc) is 2.17. The van der Waals surface area contributed by atoms with Crippen LogP contribution in [0.1, 0.15) is 16.8 Å². The van der Waals surface area contributed by atoms with E-state index in [2.05, 4.69) is 10.2 Å². The van der Waals surface area contributed by atoms with E-state index < -0.39 is 18.4 Å². The van der Waals surface area contributed by atoms with Gasteiger partial charge in [0.2, 0.25) is 5.78 Å². The summed E-state index contributed by atoms with van der Waals surface area (Å²) in [6.07, 6.45) is -5.66. The fourth-order valence-electron chi connectivity index (χ4n) is 1.09. The monoisotopic (exact) mass is 252 g/mol. The molecule has 3 nitrogen and oxygen atoms in total. The zero-order valence-corrected chi connectivity index (χ0v) is 9.28. The van der Waals surface area contributed by atoms with E-state index in [0.717, 1.165) is 0 Å². The van der Waals surface area contributed by atoms with Crippen LogP contribution in [-0.2, 0) is 11.2 Å². The first-order chi connectivity index (χ1) is 7.23. The zero-order chi connectivity index (χ0) is 12.5. The van der Waals surface area contributed by atoms with Crippen LogP contribution in [-0.4, -0.2) is 22.2 Å². The number of nitrogens with zero attached hydrogens (tertiary/aromatic N) is 2. The number of rotatable bonds is 2. The quantitative estimate of drug-likeness (QED) is 0.812. The third-order valence-electron chi connectivity index (χ3n) is 2.19. The van der Waals surface area contributed by atoms with Gasteiger partial charge in [0.05, 0.1) is 5.69 Å². The molecular weight excluding hydrogens is 245 g/mol. The summed E-state index contributed by atoms with van der Waals surface area (Å²) in [6.45, 7) is 3.13. The maximum atomic E-state index is 12.1. The number of carbonyl (C=O) groups excluding carboxylic acids is 1. The predicted molar refractivity (Wildman–Crippen MR) is 51.3 cm³/mol. The Bertz CT molecular complexity index is 431. The molecule has 16 heavy (non-hydrogen) atoms. The molecular formula is C9H8ClF3N2O. The first-order valence-electron chi connectivity index (χ1n) is 4.31. The second-order valence-electron chi connectivity index (χ2n) is 3.28. The van der Waals surface area contributed by atoms with Crippen molar-refractivity contribution < 1.29 is 18.0 Å². The maximum absolute atomic E-state index is 12.1. The van der Waals surface area contributed by atoms with Crippen LogP contribution in [0.15, 0.2) is 0 Å². The fourth-order valence-corrected chi connectivity index (χ4v) is 1.34. The number of hydrogen-bond acceptors (Lipinski definition) is 3. The zero-order valence-electron chi connectivity index (χ0n) is 8.52. The second-order valence-corrected chi connectivity index (χ2v) is 3.64. The van der Waals surface area contributed by atoms with Crippen LogP contribution >= 0.6 is 11.6 Å². The highest BCUT2D eigenvalue weighted by molar-refractivity contribution is 6.30. The number of Topliss-reactive ketones (excluding diaryl/α,β-unsaturated/α-hetero) is 1. The molecule has 0 radical (unpaired) electrons. The van der Waals surface area contributed by atoms with Gasteiger partial charge in [0.1, 0.15) is 0 Å². The van der Waals surface area contributed by atoms with Crippen LogP contribution in [0, 0.1) is 13.8 Å². The van der Waals surface area contributed by atoms with Crippen molar-refractivity contribution in [2.75, 3.05) is 0 Å². The van der Waals surface area contributed by atoms with Crippen molar-refractivity contribution in [3.05, 3.63) is 22.0 Å². The van der Waals surface area contributed by atoms with Crippen molar-refractivity contribution in [2.45, 2.75) is 26.4 Å². The van der Waals surface area contributed by atoms with Gasteiger partial charge < -0.3 is 0 Å². The minimum Gasteiger partial charge on any atom is -0.289 e. The molecule has 0 fully saturated rings. The molecule has 0 amide bonds. The number of halogens is 4. The van der Waals surface area contributed by atoms with E-state index in [0.29, 0.717) is 11.3 Å². The number of carbonyl (C=O) groups is 1. The van der Waals surface area contributed by atoms with Crippen LogP contribution in [0.3, 0.4) is 0 Å². The number of aromatic nitrogens is 2. The van der Waals surface area contributed by atoms with Crippen molar-refractivity contribution >= 4 is 17.4 Å². The normalized spacial score (nSPS) is 11.6. The van der Waals surface area contributed by atoms with E-state index in [4.69, 9.17) is 11.6 Å². The lowest BCUT2D eigenvalue weighted by Gasteiger charge is -2.09. The molecule has 0 bridgehead atoms. The summed E-state index contributed by atoms with van der Waals surface area (Å²) in [6, 6.07) is 0. The molecule has 1 aromatic rings. The molecule has 0 aromatic carbocycles. The molecule has 0 aliphatic heterocycles.